The summed E-state index contributed by atoms with van der Waals surface area (Å²) >= 11 is 0. The maximum atomic E-state index is 12.1. The van der Waals surface area contributed by atoms with E-state index in [-0.39, 0.29) is 29.9 Å². The smallest absolute Gasteiger partial charge is 0.229 e. The number of benzene rings is 1. The SMILES string of the molecule is CC(C)(C)C(=O)Nc1ccc(N2CC(CS(N)(=O)=O)CC2=O)cc1. The molecule has 132 valence electrons. The second-order valence-corrected chi connectivity index (χ2v) is 8.81. The molecule has 0 aliphatic carbocycles. The van der Waals surface area contributed by atoms with Gasteiger partial charge in [-0.3, -0.25) is 9.59 Å². The summed E-state index contributed by atoms with van der Waals surface area (Å²) in [6.45, 7) is 5.80. The van der Waals surface area contributed by atoms with Gasteiger partial charge in [0.25, 0.3) is 0 Å². The van der Waals surface area contributed by atoms with Gasteiger partial charge < -0.3 is 10.2 Å². The van der Waals surface area contributed by atoms with Gasteiger partial charge in [-0.2, -0.15) is 0 Å². The van der Waals surface area contributed by atoms with E-state index in [1.165, 1.54) is 0 Å². The highest BCUT2D eigenvalue weighted by atomic mass is 32.2. The largest absolute Gasteiger partial charge is 0.326 e. The second-order valence-electron chi connectivity index (χ2n) is 7.16. The lowest BCUT2D eigenvalue weighted by Gasteiger charge is -2.19. The van der Waals surface area contributed by atoms with E-state index in [1.54, 1.807) is 29.2 Å². The lowest BCUT2D eigenvalue weighted by Crippen LogP contribution is -2.28. The molecule has 1 aliphatic rings. The standard InChI is InChI=1S/C16H23N3O4S/c1-16(2,3)15(21)18-12-4-6-13(7-5-12)19-9-11(8-14(19)20)10-24(17,22)23/h4-7,11H,8-10H2,1-3H3,(H,18,21)(H2,17,22,23). The first kappa shape index (κ1) is 18.4. The van der Waals surface area contributed by atoms with Crippen LogP contribution in [0, 0.1) is 11.3 Å². The number of anilines is 2. The highest BCUT2D eigenvalue weighted by Gasteiger charge is 2.32. The number of nitrogens with zero attached hydrogens (tertiary/aromatic N) is 1. The summed E-state index contributed by atoms with van der Waals surface area (Å²) in [5, 5.41) is 7.86. The first-order chi connectivity index (χ1) is 11.0. The lowest BCUT2D eigenvalue weighted by molar-refractivity contribution is -0.123. The van der Waals surface area contributed by atoms with Gasteiger partial charge in [0.1, 0.15) is 0 Å². The number of primary sulfonamides is 1. The Hall–Kier alpha value is -1.93. The fourth-order valence-corrected chi connectivity index (χ4v) is 3.39. The van der Waals surface area contributed by atoms with Crippen LogP contribution >= 0.6 is 0 Å². The summed E-state index contributed by atoms with van der Waals surface area (Å²) < 4.78 is 22.3. The van der Waals surface area contributed by atoms with E-state index < -0.39 is 15.4 Å². The van der Waals surface area contributed by atoms with Crippen molar-refractivity contribution < 1.29 is 18.0 Å². The molecule has 24 heavy (non-hydrogen) atoms. The highest BCUT2D eigenvalue weighted by Crippen LogP contribution is 2.27. The van der Waals surface area contributed by atoms with Crippen molar-refractivity contribution in [2.75, 3.05) is 22.5 Å². The van der Waals surface area contributed by atoms with Crippen LogP contribution in [0.4, 0.5) is 11.4 Å². The van der Waals surface area contributed by atoms with Crippen molar-refractivity contribution in [3.63, 3.8) is 0 Å². The predicted octanol–water partition coefficient (Wildman–Crippen LogP) is 1.31. The number of hydrogen-bond donors (Lipinski definition) is 2. The molecule has 8 heteroatoms. The van der Waals surface area contributed by atoms with Crippen molar-refractivity contribution in [3.8, 4) is 0 Å². The van der Waals surface area contributed by atoms with Crippen LogP contribution in [-0.2, 0) is 19.6 Å². The van der Waals surface area contributed by atoms with Crippen LogP contribution in [0.3, 0.4) is 0 Å². The van der Waals surface area contributed by atoms with Crippen LogP contribution in [0.1, 0.15) is 27.2 Å². The topological polar surface area (TPSA) is 110 Å². The molecule has 1 aromatic carbocycles. The number of hydrogen-bond acceptors (Lipinski definition) is 4. The van der Waals surface area contributed by atoms with Crippen molar-refractivity contribution in [1.82, 2.24) is 0 Å². The van der Waals surface area contributed by atoms with Crippen molar-refractivity contribution in [2.24, 2.45) is 16.5 Å². The summed E-state index contributed by atoms with van der Waals surface area (Å²) in [4.78, 5) is 25.6. The summed E-state index contributed by atoms with van der Waals surface area (Å²) in [6, 6.07) is 6.91. The van der Waals surface area contributed by atoms with E-state index in [0.29, 0.717) is 17.9 Å². The van der Waals surface area contributed by atoms with Gasteiger partial charge in [0, 0.05) is 35.7 Å². The van der Waals surface area contributed by atoms with Gasteiger partial charge in [-0.15, -0.1) is 0 Å². The average Bonchev–Trinajstić information content (AvgIpc) is 2.77. The third-order valence-electron chi connectivity index (χ3n) is 3.79. The summed E-state index contributed by atoms with van der Waals surface area (Å²) in [7, 11) is -3.60. The Morgan fingerprint density at radius 2 is 1.88 bits per heavy atom. The quantitative estimate of drug-likeness (QED) is 0.850. The van der Waals surface area contributed by atoms with E-state index in [1.807, 2.05) is 20.8 Å². The monoisotopic (exact) mass is 353 g/mol. The van der Waals surface area contributed by atoms with E-state index in [0.717, 1.165) is 0 Å². The molecule has 1 fully saturated rings. The van der Waals surface area contributed by atoms with Crippen molar-refractivity contribution >= 4 is 33.2 Å². The molecule has 1 unspecified atom stereocenters. The van der Waals surface area contributed by atoms with Crippen molar-refractivity contribution in [2.45, 2.75) is 27.2 Å². The number of carbonyl (C=O) groups is 2. The van der Waals surface area contributed by atoms with Gasteiger partial charge >= 0.3 is 0 Å². The molecule has 0 aromatic heterocycles. The zero-order valence-electron chi connectivity index (χ0n) is 14.1. The summed E-state index contributed by atoms with van der Waals surface area (Å²) in [6.07, 6.45) is 0.166. The summed E-state index contributed by atoms with van der Waals surface area (Å²) in [5.74, 6) is -0.724. The predicted molar refractivity (Wildman–Crippen MR) is 93.0 cm³/mol. The van der Waals surface area contributed by atoms with E-state index in [4.69, 9.17) is 5.14 Å². The van der Waals surface area contributed by atoms with E-state index in [2.05, 4.69) is 5.32 Å². The Morgan fingerprint density at radius 3 is 2.38 bits per heavy atom. The Bertz CT molecular complexity index is 736. The van der Waals surface area contributed by atoms with E-state index in [9.17, 15) is 18.0 Å². The van der Waals surface area contributed by atoms with Crippen LogP contribution in [0.25, 0.3) is 0 Å². The molecular weight excluding hydrogens is 330 g/mol. The Labute approximate surface area is 142 Å². The molecule has 0 bridgehead atoms. The van der Waals surface area contributed by atoms with E-state index >= 15 is 0 Å². The maximum Gasteiger partial charge on any atom is 0.229 e. The van der Waals surface area contributed by atoms with Crippen LogP contribution in [0.2, 0.25) is 0 Å². The maximum absolute atomic E-state index is 12.1. The number of nitrogens with one attached hydrogen (secondary N) is 1. The minimum absolute atomic E-state index is 0.0966. The fraction of sp³-hybridized carbons (Fsp3) is 0.500. The molecule has 1 atom stereocenters. The van der Waals surface area contributed by atoms with Gasteiger partial charge in [0.2, 0.25) is 21.8 Å². The lowest BCUT2D eigenvalue weighted by atomic mass is 9.95. The average molecular weight is 353 g/mol. The zero-order chi connectivity index (χ0) is 18.1. The van der Waals surface area contributed by atoms with Crippen LogP contribution in [0.5, 0.6) is 0 Å². The molecule has 2 amide bonds. The molecule has 0 spiro atoms. The minimum atomic E-state index is -3.60. The number of amides is 2. The van der Waals surface area contributed by atoms with Crippen molar-refractivity contribution in [1.29, 1.82) is 0 Å². The molecule has 1 aliphatic heterocycles. The van der Waals surface area contributed by atoms with Gasteiger partial charge in [0.05, 0.1) is 5.75 Å². The molecule has 0 saturated carbocycles. The molecule has 0 radical (unpaired) electrons. The zero-order valence-corrected chi connectivity index (χ0v) is 14.9. The second kappa shape index (κ2) is 6.52. The Balaban J connectivity index is 2.06. The van der Waals surface area contributed by atoms with Gasteiger partial charge in [-0.1, -0.05) is 20.8 Å². The number of carbonyl (C=O) groups excluding carboxylic acids is 2. The van der Waals surface area contributed by atoms with Crippen molar-refractivity contribution in [3.05, 3.63) is 24.3 Å². The Morgan fingerprint density at radius 1 is 1.29 bits per heavy atom. The number of sulfonamides is 1. The first-order valence-corrected chi connectivity index (χ1v) is 9.39. The summed E-state index contributed by atoms with van der Waals surface area (Å²) in [5.41, 5.74) is 0.821. The number of rotatable bonds is 4. The molecule has 2 rings (SSSR count). The minimum Gasteiger partial charge on any atom is -0.326 e. The highest BCUT2D eigenvalue weighted by molar-refractivity contribution is 7.89. The van der Waals surface area contributed by atoms with Crippen LogP contribution < -0.4 is 15.4 Å². The molecule has 7 nitrogen and oxygen atoms in total. The molecule has 1 aromatic rings. The third kappa shape index (κ3) is 4.78. The van der Waals surface area contributed by atoms with Gasteiger partial charge in [0.15, 0.2) is 0 Å². The Kier molecular flexibility index (Phi) is 5.00. The first-order valence-electron chi connectivity index (χ1n) is 7.68. The molecule has 3 N–H and O–H groups in total. The number of nitrogens with two attached hydrogens (primary N) is 1. The molecule has 1 heterocycles. The fourth-order valence-electron chi connectivity index (χ4n) is 2.51. The van der Waals surface area contributed by atoms with Crippen LogP contribution in [0.15, 0.2) is 24.3 Å². The van der Waals surface area contributed by atoms with Gasteiger partial charge in [-0.25, -0.2) is 13.6 Å². The van der Waals surface area contributed by atoms with Crippen LogP contribution in [-0.4, -0.2) is 32.5 Å². The normalized spacial score (nSPS) is 18.8. The molecule has 1 saturated heterocycles. The van der Waals surface area contributed by atoms with Gasteiger partial charge in [-0.05, 0) is 24.3 Å². The third-order valence-corrected chi connectivity index (χ3v) is 4.73. The molecular formula is C16H23N3O4S.